The van der Waals surface area contributed by atoms with E-state index in [1.165, 1.54) is 23.8 Å². The lowest BCUT2D eigenvalue weighted by molar-refractivity contribution is 0.274. The first-order chi connectivity index (χ1) is 8.68. The highest BCUT2D eigenvalue weighted by molar-refractivity contribution is 5.77. The molecule has 1 fully saturated rings. The quantitative estimate of drug-likeness (QED) is 0.803. The van der Waals surface area contributed by atoms with Crippen molar-refractivity contribution in [2.75, 3.05) is 0 Å². The van der Waals surface area contributed by atoms with Gasteiger partial charge in [-0.1, -0.05) is 18.6 Å². The molecule has 1 saturated carbocycles. The molecule has 4 heteroatoms. The van der Waals surface area contributed by atoms with Gasteiger partial charge in [-0.3, -0.25) is 13.9 Å². The number of rotatable bonds is 2. The summed E-state index contributed by atoms with van der Waals surface area (Å²) in [4.78, 5) is 24.2. The lowest BCUT2D eigenvalue weighted by atomic mass is 9.85. The van der Waals surface area contributed by atoms with E-state index in [0.717, 1.165) is 12.1 Å². The molecule has 0 amide bonds. The van der Waals surface area contributed by atoms with Crippen LogP contribution in [0.2, 0.25) is 0 Å². The Bertz CT molecular complexity index is 708. The standard InChI is InChI=1S/C14H16N2O2/c1-15-13(17)11-7-2-3-8-12(11)16(14(15)18)9-10-5-4-6-10/h2-3,7-8,10H,4-6,9H2,1H3. The van der Waals surface area contributed by atoms with Crippen molar-refractivity contribution >= 4 is 10.9 Å². The predicted octanol–water partition coefficient (Wildman–Crippen LogP) is 1.50. The van der Waals surface area contributed by atoms with E-state index in [9.17, 15) is 9.59 Å². The molecule has 4 nitrogen and oxygen atoms in total. The number of fused-ring (bicyclic) bond motifs is 1. The molecule has 2 aromatic rings. The van der Waals surface area contributed by atoms with Gasteiger partial charge in [-0.25, -0.2) is 4.79 Å². The van der Waals surface area contributed by atoms with E-state index in [1.807, 2.05) is 18.2 Å². The van der Waals surface area contributed by atoms with Gasteiger partial charge < -0.3 is 0 Å². The molecule has 0 saturated heterocycles. The number of nitrogens with zero attached hydrogens (tertiary/aromatic N) is 2. The van der Waals surface area contributed by atoms with Gasteiger partial charge in [0.15, 0.2) is 0 Å². The van der Waals surface area contributed by atoms with Crippen LogP contribution in [0.15, 0.2) is 33.9 Å². The molecule has 0 unspecified atom stereocenters. The van der Waals surface area contributed by atoms with Crippen molar-refractivity contribution in [1.82, 2.24) is 9.13 Å². The molecule has 1 aromatic heterocycles. The fraction of sp³-hybridized carbons (Fsp3) is 0.429. The highest BCUT2D eigenvalue weighted by Gasteiger charge is 2.20. The Kier molecular flexibility index (Phi) is 2.58. The Labute approximate surface area is 104 Å². The van der Waals surface area contributed by atoms with E-state index in [4.69, 9.17) is 0 Å². The summed E-state index contributed by atoms with van der Waals surface area (Å²) in [5.74, 6) is 0.587. The zero-order valence-corrected chi connectivity index (χ0v) is 10.4. The van der Waals surface area contributed by atoms with Crippen molar-refractivity contribution < 1.29 is 0 Å². The fourth-order valence-corrected chi connectivity index (χ4v) is 2.55. The maximum Gasteiger partial charge on any atom is 0.331 e. The molecule has 0 aliphatic heterocycles. The van der Waals surface area contributed by atoms with Crippen molar-refractivity contribution in [3.05, 3.63) is 45.1 Å². The molecule has 1 aliphatic carbocycles. The minimum Gasteiger partial charge on any atom is -0.293 e. The molecule has 0 bridgehead atoms. The van der Waals surface area contributed by atoms with Crippen LogP contribution < -0.4 is 11.2 Å². The van der Waals surface area contributed by atoms with Crippen LogP contribution in [-0.4, -0.2) is 9.13 Å². The van der Waals surface area contributed by atoms with E-state index in [0.29, 0.717) is 11.3 Å². The summed E-state index contributed by atoms with van der Waals surface area (Å²) >= 11 is 0. The molecular weight excluding hydrogens is 228 g/mol. The van der Waals surface area contributed by atoms with Crippen LogP contribution in [0, 0.1) is 5.92 Å². The van der Waals surface area contributed by atoms with Crippen molar-refractivity contribution in [3.8, 4) is 0 Å². The van der Waals surface area contributed by atoms with Gasteiger partial charge in [-0.15, -0.1) is 0 Å². The van der Waals surface area contributed by atoms with Crippen LogP contribution in [-0.2, 0) is 13.6 Å². The molecule has 0 atom stereocenters. The van der Waals surface area contributed by atoms with E-state index >= 15 is 0 Å². The second-order valence-corrected chi connectivity index (χ2v) is 5.07. The zero-order chi connectivity index (χ0) is 12.7. The lowest BCUT2D eigenvalue weighted by Gasteiger charge is -2.26. The summed E-state index contributed by atoms with van der Waals surface area (Å²) < 4.78 is 2.96. The summed E-state index contributed by atoms with van der Waals surface area (Å²) in [5, 5.41) is 0.624. The topological polar surface area (TPSA) is 44.0 Å². The van der Waals surface area contributed by atoms with Crippen molar-refractivity contribution in [1.29, 1.82) is 0 Å². The molecule has 0 radical (unpaired) electrons. The SMILES string of the molecule is Cn1c(=O)c2ccccc2n(CC2CCC2)c1=O. The zero-order valence-electron chi connectivity index (χ0n) is 10.4. The maximum absolute atomic E-state index is 12.2. The highest BCUT2D eigenvalue weighted by Crippen LogP contribution is 2.28. The summed E-state index contributed by atoms with van der Waals surface area (Å²) in [6.45, 7) is 0.730. The normalized spacial score (nSPS) is 15.8. The molecule has 1 aliphatic rings. The van der Waals surface area contributed by atoms with Gasteiger partial charge in [0.25, 0.3) is 5.56 Å². The fourth-order valence-electron chi connectivity index (χ4n) is 2.55. The average molecular weight is 244 g/mol. The smallest absolute Gasteiger partial charge is 0.293 e. The van der Waals surface area contributed by atoms with Gasteiger partial charge in [0.2, 0.25) is 0 Å². The third-order valence-electron chi connectivity index (χ3n) is 3.91. The Morgan fingerprint density at radius 3 is 2.61 bits per heavy atom. The Morgan fingerprint density at radius 2 is 1.94 bits per heavy atom. The third kappa shape index (κ3) is 1.60. The average Bonchev–Trinajstić information content (AvgIpc) is 2.34. The van der Waals surface area contributed by atoms with Crippen LogP contribution >= 0.6 is 0 Å². The van der Waals surface area contributed by atoms with Crippen molar-refractivity contribution in [3.63, 3.8) is 0 Å². The number of aromatic nitrogens is 2. The Hall–Kier alpha value is -1.84. The minimum absolute atomic E-state index is 0.203. The summed E-state index contributed by atoms with van der Waals surface area (Å²) in [6, 6.07) is 7.35. The first-order valence-corrected chi connectivity index (χ1v) is 6.37. The van der Waals surface area contributed by atoms with Crippen LogP contribution in [0.5, 0.6) is 0 Å². The van der Waals surface area contributed by atoms with E-state index in [-0.39, 0.29) is 11.2 Å². The number of para-hydroxylation sites is 1. The molecule has 0 N–H and O–H groups in total. The summed E-state index contributed by atoms with van der Waals surface area (Å²) in [7, 11) is 1.55. The number of benzene rings is 1. The van der Waals surface area contributed by atoms with E-state index in [2.05, 4.69) is 0 Å². The third-order valence-corrected chi connectivity index (χ3v) is 3.91. The van der Waals surface area contributed by atoms with E-state index < -0.39 is 0 Å². The first-order valence-electron chi connectivity index (χ1n) is 6.37. The summed E-state index contributed by atoms with van der Waals surface area (Å²) in [6.07, 6.45) is 3.62. The van der Waals surface area contributed by atoms with Crippen LogP contribution in [0.25, 0.3) is 10.9 Å². The summed E-state index contributed by atoms with van der Waals surface area (Å²) in [5.41, 5.74) is 0.351. The molecule has 1 heterocycles. The van der Waals surface area contributed by atoms with Gasteiger partial charge in [0, 0.05) is 13.6 Å². The van der Waals surface area contributed by atoms with Gasteiger partial charge in [0.1, 0.15) is 0 Å². The first kappa shape index (κ1) is 11.3. The van der Waals surface area contributed by atoms with Gasteiger partial charge in [-0.2, -0.15) is 0 Å². The maximum atomic E-state index is 12.2. The van der Waals surface area contributed by atoms with Crippen molar-refractivity contribution in [2.45, 2.75) is 25.8 Å². The van der Waals surface area contributed by atoms with Crippen LogP contribution in [0.3, 0.4) is 0 Å². The molecule has 1 aromatic carbocycles. The monoisotopic (exact) mass is 244 g/mol. The molecule has 3 rings (SSSR count). The predicted molar refractivity (Wildman–Crippen MR) is 70.8 cm³/mol. The molecule has 18 heavy (non-hydrogen) atoms. The van der Waals surface area contributed by atoms with Gasteiger partial charge in [0.05, 0.1) is 10.9 Å². The lowest BCUT2D eigenvalue weighted by Crippen LogP contribution is -2.39. The Morgan fingerprint density at radius 1 is 1.22 bits per heavy atom. The minimum atomic E-state index is -0.208. The Balaban J connectivity index is 2.27. The van der Waals surface area contributed by atoms with Crippen LogP contribution in [0.1, 0.15) is 19.3 Å². The molecule has 0 spiro atoms. The molecular formula is C14H16N2O2. The van der Waals surface area contributed by atoms with Crippen LogP contribution in [0.4, 0.5) is 0 Å². The second-order valence-electron chi connectivity index (χ2n) is 5.07. The number of hydrogen-bond acceptors (Lipinski definition) is 2. The van der Waals surface area contributed by atoms with E-state index in [1.54, 1.807) is 17.7 Å². The molecule has 94 valence electrons. The van der Waals surface area contributed by atoms with Crippen molar-refractivity contribution in [2.24, 2.45) is 13.0 Å². The second kappa shape index (κ2) is 4.12. The van der Waals surface area contributed by atoms with Gasteiger partial charge >= 0.3 is 5.69 Å². The van der Waals surface area contributed by atoms with Gasteiger partial charge in [-0.05, 0) is 30.9 Å². The highest BCUT2D eigenvalue weighted by atomic mass is 16.2. The largest absolute Gasteiger partial charge is 0.331 e. The number of hydrogen-bond donors (Lipinski definition) is 0.